The molecule has 1 heterocycles. The van der Waals surface area contributed by atoms with Gasteiger partial charge in [-0.15, -0.1) is 0 Å². The predicted octanol–water partition coefficient (Wildman–Crippen LogP) is 5.64. The van der Waals surface area contributed by atoms with Gasteiger partial charge in [0, 0.05) is 5.70 Å². The van der Waals surface area contributed by atoms with E-state index in [4.69, 9.17) is 28.0 Å². The maximum absolute atomic E-state index is 5.75. The summed E-state index contributed by atoms with van der Waals surface area (Å²) in [6, 6.07) is 0.0836. The lowest BCUT2D eigenvalue weighted by molar-refractivity contribution is 0.202. The Bertz CT molecular complexity index is 505. The average Bonchev–Trinajstić information content (AvgIpc) is 2.55. The zero-order valence-corrected chi connectivity index (χ0v) is 15.6. The van der Waals surface area contributed by atoms with E-state index >= 15 is 0 Å². The van der Waals surface area contributed by atoms with Gasteiger partial charge in [-0.1, -0.05) is 57.4 Å². The molecule has 0 aromatic carbocycles. The van der Waals surface area contributed by atoms with Crippen LogP contribution in [0.3, 0.4) is 0 Å². The molecule has 0 amide bonds. The smallest absolute Gasteiger partial charge is 0.340 e. The highest BCUT2D eigenvalue weighted by Crippen LogP contribution is 2.16. The Morgan fingerprint density at radius 1 is 0.750 bits per heavy atom. The van der Waals surface area contributed by atoms with E-state index in [1.54, 1.807) is 0 Å². The fourth-order valence-corrected chi connectivity index (χ4v) is 3.16. The fourth-order valence-electron chi connectivity index (χ4n) is 2.81. The summed E-state index contributed by atoms with van der Waals surface area (Å²) in [4.78, 5) is 16.9. The van der Waals surface area contributed by atoms with Gasteiger partial charge in [-0.25, -0.2) is 5.48 Å². The molecule has 134 valence electrons. The summed E-state index contributed by atoms with van der Waals surface area (Å²) in [7, 11) is 0. The Morgan fingerprint density at radius 3 is 1.92 bits per heavy atom. The molecule has 24 heavy (non-hydrogen) atoms. The second kappa shape index (κ2) is 11.5. The van der Waals surface area contributed by atoms with Crippen molar-refractivity contribution >= 4 is 23.2 Å². The molecule has 1 aromatic heterocycles. The Balaban J connectivity index is 1.86. The quantitative estimate of drug-likeness (QED) is 0.695. The van der Waals surface area contributed by atoms with E-state index in [9.17, 15) is 0 Å². The Labute approximate surface area is 154 Å². The first kappa shape index (κ1) is 19.3. The van der Waals surface area contributed by atoms with E-state index in [0.29, 0.717) is 0 Å². The lowest BCUT2D eigenvalue weighted by atomic mass is 10.0. The Kier molecular flexibility index (Phi) is 9.21. The van der Waals surface area contributed by atoms with Gasteiger partial charge in [0.2, 0.25) is 10.6 Å². The molecule has 1 aliphatic rings. The number of halogens is 2. The zero-order valence-electron chi connectivity index (χ0n) is 14.1. The maximum Gasteiger partial charge on any atom is 0.348 e. The molecular weight excluding hydrogens is 347 g/mol. The molecule has 0 fully saturated rings. The molecule has 0 spiro atoms. The van der Waals surface area contributed by atoms with Gasteiger partial charge in [-0.05, 0) is 48.9 Å². The largest absolute Gasteiger partial charge is 0.348 e. The molecule has 0 saturated carbocycles. The van der Waals surface area contributed by atoms with Crippen LogP contribution < -0.4 is 10.3 Å². The first-order valence-electron chi connectivity index (χ1n) is 8.93. The summed E-state index contributed by atoms with van der Waals surface area (Å²) in [5, 5.41) is 0.0403. The number of hydrogen-bond donors (Lipinski definition) is 1. The van der Waals surface area contributed by atoms with Crippen LogP contribution in [0.2, 0.25) is 10.6 Å². The van der Waals surface area contributed by atoms with Crippen LogP contribution >= 0.6 is 23.2 Å². The van der Waals surface area contributed by atoms with Gasteiger partial charge in [0.1, 0.15) is 0 Å². The van der Waals surface area contributed by atoms with Crippen LogP contribution in [0.5, 0.6) is 6.01 Å². The molecular formula is C17H26Cl2N4O. The zero-order chi connectivity index (χ0) is 17.0. The number of aromatic nitrogens is 3. The second-order valence-corrected chi connectivity index (χ2v) is 6.84. The first-order valence-corrected chi connectivity index (χ1v) is 9.68. The second-order valence-electron chi connectivity index (χ2n) is 6.16. The minimum absolute atomic E-state index is 0.0202. The van der Waals surface area contributed by atoms with Crippen LogP contribution in [0.1, 0.15) is 77.0 Å². The van der Waals surface area contributed by atoms with E-state index in [1.165, 1.54) is 57.8 Å². The highest BCUT2D eigenvalue weighted by atomic mass is 35.5. The van der Waals surface area contributed by atoms with E-state index in [-0.39, 0.29) is 16.6 Å². The van der Waals surface area contributed by atoms with Crippen molar-refractivity contribution in [2.45, 2.75) is 77.0 Å². The monoisotopic (exact) mass is 372 g/mol. The predicted molar refractivity (Wildman–Crippen MR) is 97.1 cm³/mol. The third kappa shape index (κ3) is 8.15. The summed E-state index contributed by atoms with van der Waals surface area (Å²) in [6.07, 6.45) is 17.3. The van der Waals surface area contributed by atoms with Crippen LogP contribution in [0.25, 0.3) is 0 Å². The molecule has 0 atom stereocenters. The number of hydrogen-bond acceptors (Lipinski definition) is 5. The first-order chi connectivity index (χ1) is 11.7. The number of nitrogens with one attached hydrogen (secondary N) is 1. The summed E-state index contributed by atoms with van der Waals surface area (Å²) in [5.41, 5.74) is 4.03. The van der Waals surface area contributed by atoms with Crippen molar-refractivity contribution < 1.29 is 4.84 Å². The van der Waals surface area contributed by atoms with E-state index in [1.807, 2.05) is 0 Å². The fraction of sp³-hybridized carbons (Fsp3) is 0.706. The topological polar surface area (TPSA) is 59.9 Å². The van der Waals surface area contributed by atoms with Crippen LogP contribution in [-0.2, 0) is 0 Å². The van der Waals surface area contributed by atoms with Gasteiger partial charge in [-0.3, -0.25) is 0 Å². The number of allylic oxidation sites excluding steroid dienone is 2. The van der Waals surface area contributed by atoms with E-state index in [0.717, 1.165) is 25.0 Å². The molecule has 0 radical (unpaired) electrons. The summed E-state index contributed by atoms with van der Waals surface area (Å²) in [6.45, 7) is 0. The third-order valence-electron chi connectivity index (χ3n) is 4.12. The number of nitrogens with zero attached hydrogens (tertiary/aromatic N) is 3. The number of hydroxylamine groups is 1. The van der Waals surface area contributed by atoms with Crippen molar-refractivity contribution in [3.63, 3.8) is 0 Å². The minimum atomic E-state index is 0.0202. The average molecular weight is 373 g/mol. The number of rotatable bonds is 3. The molecule has 0 bridgehead atoms. The molecule has 1 aromatic rings. The lowest BCUT2D eigenvalue weighted by Gasteiger charge is -2.12. The van der Waals surface area contributed by atoms with Crippen LogP contribution in [0.4, 0.5) is 0 Å². The standard InChI is InChI=1S/C17H26Cl2N4O/c18-15-20-16(19)22-17(21-15)24-23-14-12-10-8-6-4-2-1-3-5-7-9-11-13-14/h12,23H,1-11,13H2. The minimum Gasteiger partial charge on any atom is -0.340 e. The van der Waals surface area contributed by atoms with Gasteiger partial charge in [0.05, 0.1) is 0 Å². The van der Waals surface area contributed by atoms with Crippen molar-refractivity contribution in [3.05, 3.63) is 22.3 Å². The van der Waals surface area contributed by atoms with Crippen LogP contribution in [0, 0.1) is 0 Å². The molecule has 5 nitrogen and oxygen atoms in total. The highest BCUT2D eigenvalue weighted by Gasteiger charge is 2.06. The van der Waals surface area contributed by atoms with Gasteiger partial charge < -0.3 is 4.84 Å². The van der Waals surface area contributed by atoms with Gasteiger partial charge in [-0.2, -0.15) is 15.0 Å². The molecule has 1 N–H and O–H groups in total. The van der Waals surface area contributed by atoms with Crippen LogP contribution in [0.15, 0.2) is 11.8 Å². The van der Waals surface area contributed by atoms with E-state index in [2.05, 4.69) is 26.5 Å². The molecule has 2 rings (SSSR count). The molecule has 1 aliphatic carbocycles. The van der Waals surface area contributed by atoms with Crippen molar-refractivity contribution in [2.75, 3.05) is 0 Å². The lowest BCUT2D eigenvalue weighted by Crippen LogP contribution is -2.19. The van der Waals surface area contributed by atoms with Crippen molar-refractivity contribution in [2.24, 2.45) is 0 Å². The molecule has 0 saturated heterocycles. The van der Waals surface area contributed by atoms with Crippen molar-refractivity contribution in [1.82, 2.24) is 20.4 Å². The Hall–Kier alpha value is -1.07. The van der Waals surface area contributed by atoms with Gasteiger partial charge >= 0.3 is 6.01 Å². The Morgan fingerprint density at radius 2 is 1.29 bits per heavy atom. The van der Waals surface area contributed by atoms with E-state index < -0.39 is 0 Å². The molecule has 0 aliphatic heterocycles. The summed E-state index contributed by atoms with van der Waals surface area (Å²) < 4.78 is 0. The SMILES string of the molecule is Clc1nc(Cl)nc(ONC2=CCCCCCCCCCCCC2)n1. The summed E-state index contributed by atoms with van der Waals surface area (Å²) in [5.74, 6) is 0. The summed E-state index contributed by atoms with van der Waals surface area (Å²) >= 11 is 11.5. The van der Waals surface area contributed by atoms with Gasteiger partial charge in [0.15, 0.2) is 0 Å². The molecule has 7 heteroatoms. The van der Waals surface area contributed by atoms with Gasteiger partial charge in [0.25, 0.3) is 0 Å². The normalized spacial score (nSPS) is 18.3. The maximum atomic E-state index is 5.75. The van der Waals surface area contributed by atoms with Crippen molar-refractivity contribution in [1.29, 1.82) is 0 Å². The highest BCUT2D eigenvalue weighted by molar-refractivity contribution is 6.31. The third-order valence-corrected chi connectivity index (χ3v) is 4.46. The van der Waals surface area contributed by atoms with Crippen molar-refractivity contribution in [3.8, 4) is 6.01 Å². The molecule has 0 unspecified atom stereocenters. The van der Waals surface area contributed by atoms with Crippen LogP contribution in [-0.4, -0.2) is 15.0 Å².